The Labute approximate surface area is 261 Å². The van der Waals surface area contributed by atoms with Gasteiger partial charge in [0.05, 0.1) is 6.54 Å². The molecule has 2 aromatic heterocycles. The van der Waals surface area contributed by atoms with Crippen molar-refractivity contribution in [1.29, 1.82) is 0 Å². The van der Waals surface area contributed by atoms with Crippen LogP contribution in [0.4, 0.5) is 23.4 Å². The number of piperidine rings is 1. The Morgan fingerprint density at radius 1 is 0.935 bits per heavy atom. The first-order valence-electron chi connectivity index (χ1n) is 14.5. The predicted octanol–water partition coefficient (Wildman–Crippen LogP) is 7.22. The molecule has 0 saturated carbocycles. The highest BCUT2D eigenvalue weighted by atomic mass is 19.3. The summed E-state index contributed by atoms with van der Waals surface area (Å²) in [6, 6.07) is 18.6. The summed E-state index contributed by atoms with van der Waals surface area (Å²) >= 11 is 0. The summed E-state index contributed by atoms with van der Waals surface area (Å²) < 4.78 is 62.0. The van der Waals surface area contributed by atoms with Crippen LogP contribution in [-0.4, -0.2) is 40.7 Å². The fourth-order valence-corrected chi connectivity index (χ4v) is 5.31. The van der Waals surface area contributed by atoms with Gasteiger partial charge in [-0.2, -0.15) is 0 Å². The van der Waals surface area contributed by atoms with Gasteiger partial charge in [-0.25, -0.2) is 22.5 Å². The SMILES string of the molecule is Nc1ccc(/C=C/C(=O)NCc2cc3cc(-c4ccc(C(=O)N5CCC(F)(F)CC5)cc4)cc(-c4ccc(F)cc4F)c3o2)cn1. The second-order valence-electron chi connectivity index (χ2n) is 11.1. The van der Waals surface area contributed by atoms with Crippen molar-refractivity contribution in [3.8, 4) is 22.3 Å². The molecule has 46 heavy (non-hydrogen) atoms. The third-order valence-electron chi connectivity index (χ3n) is 7.81. The molecule has 3 aromatic carbocycles. The normalized spacial score (nSPS) is 14.6. The number of amides is 2. The molecule has 1 saturated heterocycles. The number of halogens is 4. The van der Waals surface area contributed by atoms with Crippen LogP contribution in [0.5, 0.6) is 0 Å². The average molecular weight is 629 g/mol. The molecule has 1 aliphatic rings. The maximum Gasteiger partial charge on any atom is 0.253 e. The first-order chi connectivity index (χ1) is 22.0. The summed E-state index contributed by atoms with van der Waals surface area (Å²) in [5.74, 6) is -4.20. The lowest BCUT2D eigenvalue weighted by molar-refractivity contribution is -0.116. The molecule has 0 aliphatic carbocycles. The summed E-state index contributed by atoms with van der Waals surface area (Å²) in [5, 5.41) is 3.36. The highest BCUT2D eigenvalue weighted by molar-refractivity contribution is 5.98. The number of pyridine rings is 1. The molecule has 2 amide bonds. The van der Waals surface area contributed by atoms with E-state index >= 15 is 4.39 Å². The number of rotatable bonds is 7. The van der Waals surface area contributed by atoms with E-state index in [1.807, 2.05) is 6.07 Å². The molecule has 0 unspecified atom stereocenters. The van der Waals surface area contributed by atoms with Crippen LogP contribution in [0.25, 0.3) is 39.3 Å². The Morgan fingerprint density at radius 2 is 1.70 bits per heavy atom. The Kier molecular flexibility index (Phi) is 8.31. The van der Waals surface area contributed by atoms with Crippen LogP contribution in [0.15, 0.2) is 89.5 Å². The highest BCUT2D eigenvalue weighted by Gasteiger charge is 2.35. The van der Waals surface area contributed by atoms with Crippen molar-refractivity contribution in [1.82, 2.24) is 15.2 Å². The monoisotopic (exact) mass is 628 g/mol. The Hall–Kier alpha value is -5.45. The molecule has 11 heteroatoms. The molecule has 3 N–H and O–H groups in total. The van der Waals surface area contributed by atoms with E-state index in [2.05, 4.69) is 10.3 Å². The largest absolute Gasteiger partial charge is 0.459 e. The van der Waals surface area contributed by atoms with Gasteiger partial charge < -0.3 is 20.4 Å². The molecule has 0 bridgehead atoms. The molecule has 1 fully saturated rings. The number of carbonyl (C=O) groups excluding carboxylic acids is 2. The molecular formula is C35H28F4N4O3. The van der Waals surface area contributed by atoms with E-state index in [0.29, 0.717) is 50.4 Å². The van der Waals surface area contributed by atoms with Gasteiger partial charge in [0.15, 0.2) is 0 Å². The molecule has 5 aromatic rings. The van der Waals surface area contributed by atoms with Gasteiger partial charge in [0.1, 0.15) is 28.8 Å². The van der Waals surface area contributed by atoms with Crippen LogP contribution in [0.2, 0.25) is 0 Å². The molecule has 0 spiro atoms. The van der Waals surface area contributed by atoms with E-state index in [0.717, 1.165) is 12.1 Å². The molecule has 0 radical (unpaired) electrons. The summed E-state index contributed by atoms with van der Waals surface area (Å²) in [4.78, 5) is 30.8. The van der Waals surface area contributed by atoms with Crippen molar-refractivity contribution in [2.45, 2.75) is 25.3 Å². The minimum absolute atomic E-state index is 0.0174. The number of furan rings is 1. The zero-order valence-electron chi connectivity index (χ0n) is 24.4. The van der Waals surface area contributed by atoms with Crippen LogP contribution >= 0.6 is 0 Å². The lowest BCUT2D eigenvalue weighted by Crippen LogP contribution is -2.42. The molecule has 1 aliphatic heterocycles. The van der Waals surface area contributed by atoms with Crippen molar-refractivity contribution in [2.75, 3.05) is 18.8 Å². The third kappa shape index (κ3) is 6.78. The van der Waals surface area contributed by atoms with Crippen molar-refractivity contribution >= 4 is 34.7 Å². The molecule has 6 rings (SSSR count). The van der Waals surface area contributed by atoms with Crippen LogP contribution in [0.1, 0.15) is 34.5 Å². The van der Waals surface area contributed by atoms with E-state index in [9.17, 15) is 22.8 Å². The van der Waals surface area contributed by atoms with Gasteiger partial charge in [-0.15, -0.1) is 0 Å². The van der Waals surface area contributed by atoms with Crippen molar-refractivity contribution in [3.05, 3.63) is 114 Å². The summed E-state index contributed by atoms with van der Waals surface area (Å²) in [6.07, 6.45) is 3.74. The number of nitrogens with zero attached hydrogens (tertiary/aromatic N) is 2. The number of nitrogens with two attached hydrogens (primary N) is 1. The van der Waals surface area contributed by atoms with E-state index in [-0.39, 0.29) is 49.9 Å². The van der Waals surface area contributed by atoms with Gasteiger partial charge >= 0.3 is 0 Å². The van der Waals surface area contributed by atoms with Crippen molar-refractivity contribution in [2.24, 2.45) is 0 Å². The zero-order valence-corrected chi connectivity index (χ0v) is 24.4. The predicted molar refractivity (Wildman–Crippen MR) is 167 cm³/mol. The van der Waals surface area contributed by atoms with E-state index in [4.69, 9.17) is 10.2 Å². The van der Waals surface area contributed by atoms with Gasteiger partial charge in [-0.3, -0.25) is 9.59 Å². The second-order valence-corrected chi connectivity index (χ2v) is 11.1. The third-order valence-corrected chi connectivity index (χ3v) is 7.81. The van der Waals surface area contributed by atoms with Gasteiger partial charge in [0, 0.05) is 66.3 Å². The van der Waals surface area contributed by atoms with Crippen molar-refractivity contribution < 1.29 is 31.6 Å². The number of carbonyl (C=O) groups is 2. The molecule has 3 heterocycles. The maximum absolute atomic E-state index is 15.0. The number of fused-ring (bicyclic) bond motifs is 1. The quantitative estimate of drug-likeness (QED) is 0.146. The first-order valence-corrected chi connectivity index (χ1v) is 14.5. The number of hydrogen-bond acceptors (Lipinski definition) is 5. The zero-order chi connectivity index (χ0) is 32.4. The number of hydrogen-bond donors (Lipinski definition) is 2. The van der Waals surface area contributed by atoms with Gasteiger partial charge in [-0.05, 0) is 77.4 Å². The fraction of sp³-hybridized carbons (Fsp3) is 0.171. The summed E-state index contributed by atoms with van der Waals surface area (Å²) in [6.45, 7) is 0.00466. The fourth-order valence-electron chi connectivity index (χ4n) is 5.31. The number of alkyl halides is 2. The van der Waals surface area contributed by atoms with Gasteiger partial charge in [0.2, 0.25) is 5.91 Å². The smallest absolute Gasteiger partial charge is 0.253 e. The maximum atomic E-state index is 15.0. The van der Waals surface area contributed by atoms with Crippen LogP contribution in [-0.2, 0) is 11.3 Å². The summed E-state index contributed by atoms with van der Waals surface area (Å²) in [5.41, 5.74) is 8.84. The lowest BCUT2D eigenvalue weighted by atomic mass is 9.95. The minimum atomic E-state index is -2.76. The average Bonchev–Trinajstić information content (AvgIpc) is 3.46. The number of anilines is 1. The number of nitrogen functional groups attached to an aromatic ring is 1. The van der Waals surface area contributed by atoms with Crippen molar-refractivity contribution in [3.63, 3.8) is 0 Å². The van der Waals surface area contributed by atoms with Crippen LogP contribution in [0, 0.1) is 11.6 Å². The molecule has 234 valence electrons. The van der Waals surface area contributed by atoms with Gasteiger partial charge in [-0.1, -0.05) is 12.1 Å². The molecule has 7 nitrogen and oxygen atoms in total. The topological polar surface area (TPSA) is 101 Å². The Bertz CT molecular complexity index is 1940. The summed E-state index contributed by atoms with van der Waals surface area (Å²) in [7, 11) is 0. The van der Waals surface area contributed by atoms with Crippen LogP contribution in [0.3, 0.4) is 0 Å². The number of nitrogens with one attached hydrogen (secondary N) is 1. The lowest BCUT2D eigenvalue weighted by Gasteiger charge is -2.31. The second kappa shape index (κ2) is 12.5. The Morgan fingerprint density at radius 3 is 2.39 bits per heavy atom. The highest BCUT2D eigenvalue weighted by Crippen LogP contribution is 2.37. The first kappa shape index (κ1) is 30.6. The standard InChI is InChI=1S/C35H28F4N4O3/c36-26-7-8-28(30(37)18-26)29-17-24(22-3-5-23(6-4-22)34(45)43-13-11-35(38,39)12-14-43)15-25-16-27(46-33(25)29)20-42-32(44)10-2-21-1-9-31(40)41-19-21/h1-10,15-19H,11-14,20H2,(H2,40,41)(H,42,44)/b10-2+. The number of likely N-dealkylation sites (tertiary alicyclic amines) is 1. The van der Waals surface area contributed by atoms with Gasteiger partial charge in [0.25, 0.3) is 11.8 Å². The Balaban J connectivity index is 1.27. The van der Waals surface area contributed by atoms with Crippen LogP contribution < -0.4 is 11.1 Å². The van der Waals surface area contributed by atoms with E-state index < -0.39 is 17.6 Å². The van der Waals surface area contributed by atoms with E-state index in [1.54, 1.807) is 54.6 Å². The molecular weight excluding hydrogens is 600 g/mol. The van der Waals surface area contributed by atoms with E-state index in [1.165, 1.54) is 23.2 Å². The molecule has 0 atom stereocenters. The minimum Gasteiger partial charge on any atom is -0.459 e. The number of benzene rings is 3. The number of aromatic nitrogens is 1.